The summed E-state index contributed by atoms with van der Waals surface area (Å²) in [5.41, 5.74) is 13.8. The lowest BCUT2D eigenvalue weighted by molar-refractivity contribution is 0.668. The van der Waals surface area contributed by atoms with E-state index in [-0.39, 0.29) is 0 Å². The van der Waals surface area contributed by atoms with E-state index >= 15 is 0 Å². The molecule has 3 heteroatoms. The van der Waals surface area contributed by atoms with Crippen LogP contribution in [0.5, 0.6) is 0 Å². The first-order chi connectivity index (χ1) is 25.8. The van der Waals surface area contributed by atoms with E-state index in [9.17, 15) is 0 Å². The molecule has 246 valence electrons. The van der Waals surface area contributed by atoms with Gasteiger partial charge in [0, 0.05) is 36.1 Å². The summed E-state index contributed by atoms with van der Waals surface area (Å²) in [4.78, 5) is 5.28. The summed E-state index contributed by atoms with van der Waals surface area (Å²) in [5.74, 6) is 0. The van der Waals surface area contributed by atoms with Crippen LogP contribution in [-0.2, 0) is 5.41 Å². The fourth-order valence-electron chi connectivity index (χ4n) is 9.00. The lowest BCUT2D eigenvalue weighted by Crippen LogP contribution is -2.36. The lowest BCUT2D eigenvalue weighted by Gasteiger charge is -2.46. The van der Waals surface area contributed by atoms with Crippen molar-refractivity contribution in [1.29, 1.82) is 0 Å². The molecule has 1 aliphatic carbocycles. The summed E-state index contributed by atoms with van der Waals surface area (Å²) >= 11 is 3.84. The molecule has 1 spiro atoms. The molecule has 7 aromatic carbocycles. The quantitative estimate of drug-likeness (QED) is 0.181. The molecule has 0 radical (unpaired) electrons. The summed E-state index contributed by atoms with van der Waals surface area (Å²) < 4.78 is 2.47. The molecule has 2 aliphatic heterocycles. The first-order valence-corrected chi connectivity index (χ1v) is 19.7. The normalized spacial score (nSPS) is 17.0. The number of hydrogen-bond acceptors (Lipinski definition) is 2. The van der Waals surface area contributed by atoms with Gasteiger partial charge in [-0.1, -0.05) is 163 Å². The first kappa shape index (κ1) is 30.2. The Morgan fingerprint density at radius 2 is 1.15 bits per heavy atom. The third-order valence-electron chi connectivity index (χ3n) is 11.1. The van der Waals surface area contributed by atoms with Gasteiger partial charge in [-0.15, -0.1) is 0 Å². The topological polar surface area (TPSA) is 4.93 Å². The van der Waals surface area contributed by atoms with Gasteiger partial charge in [0.1, 0.15) is 0 Å². The Hall–Kier alpha value is -5.48. The number of fused-ring (bicyclic) bond motifs is 11. The maximum atomic E-state index is 2.47. The Balaban J connectivity index is 1.22. The van der Waals surface area contributed by atoms with E-state index in [4.69, 9.17) is 0 Å². The van der Waals surface area contributed by atoms with Gasteiger partial charge in [0.2, 0.25) is 0 Å². The molecule has 1 atom stereocenters. The van der Waals surface area contributed by atoms with Crippen molar-refractivity contribution in [2.75, 3.05) is 0 Å². The van der Waals surface area contributed by atoms with Gasteiger partial charge in [0.15, 0.2) is 0 Å². The van der Waals surface area contributed by atoms with Crippen LogP contribution in [0.3, 0.4) is 0 Å². The Morgan fingerprint density at radius 1 is 0.481 bits per heavy atom. The van der Waals surface area contributed by atoms with Crippen LogP contribution >= 0.6 is 23.5 Å². The average Bonchev–Trinajstić information content (AvgIpc) is 3.56. The second kappa shape index (κ2) is 11.8. The summed E-state index contributed by atoms with van der Waals surface area (Å²) in [7, 11) is 0. The molecule has 0 N–H and O–H groups in total. The number of para-hydroxylation sites is 1. The summed E-state index contributed by atoms with van der Waals surface area (Å²) in [6.45, 7) is 0. The number of benzene rings is 7. The molecule has 3 heterocycles. The van der Waals surface area contributed by atoms with E-state index < -0.39 is 5.41 Å². The minimum absolute atomic E-state index is 0.473. The van der Waals surface area contributed by atoms with Crippen LogP contribution in [0.1, 0.15) is 35.1 Å². The molecule has 0 fully saturated rings. The molecule has 52 heavy (non-hydrogen) atoms. The average molecular weight is 700 g/mol. The smallest absolute Gasteiger partial charge is 0.0745 e. The van der Waals surface area contributed by atoms with Crippen LogP contribution in [0.15, 0.2) is 196 Å². The molecule has 1 nitrogen and oxygen atoms in total. The molecular formula is C49H33NS2. The zero-order valence-electron chi connectivity index (χ0n) is 28.4. The van der Waals surface area contributed by atoms with Crippen molar-refractivity contribution >= 4 is 51.0 Å². The van der Waals surface area contributed by atoms with Gasteiger partial charge in [-0.3, -0.25) is 0 Å². The minimum atomic E-state index is -0.473. The van der Waals surface area contributed by atoms with E-state index in [1.54, 1.807) is 0 Å². The van der Waals surface area contributed by atoms with Gasteiger partial charge >= 0.3 is 0 Å². The second-order valence-electron chi connectivity index (χ2n) is 13.9. The van der Waals surface area contributed by atoms with Crippen molar-refractivity contribution in [1.82, 2.24) is 4.57 Å². The molecule has 0 saturated heterocycles. The molecule has 11 rings (SSSR count). The van der Waals surface area contributed by atoms with Crippen LogP contribution in [0.2, 0.25) is 0 Å². The van der Waals surface area contributed by atoms with Gasteiger partial charge in [0.25, 0.3) is 0 Å². The van der Waals surface area contributed by atoms with E-state index in [1.807, 2.05) is 23.5 Å². The number of hydrogen-bond donors (Lipinski definition) is 0. The second-order valence-corrected chi connectivity index (χ2v) is 16.0. The van der Waals surface area contributed by atoms with Crippen molar-refractivity contribution in [3.05, 3.63) is 198 Å². The Kier molecular flexibility index (Phi) is 6.83. The number of nitrogens with zero attached hydrogens (tertiary/aromatic N) is 1. The zero-order valence-corrected chi connectivity index (χ0v) is 30.1. The Bertz CT molecular complexity index is 2790. The van der Waals surface area contributed by atoms with Crippen LogP contribution < -0.4 is 0 Å². The van der Waals surface area contributed by atoms with Crippen molar-refractivity contribution in [2.45, 2.75) is 37.8 Å². The molecule has 3 aliphatic rings. The lowest BCUT2D eigenvalue weighted by atomic mass is 9.64. The van der Waals surface area contributed by atoms with E-state index in [0.29, 0.717) is 0 Å². The fourth-order valence-corrected chi connectivity index (χ4v) is 11.5. The third-order valence-corrected chi connectivity index (χ3v) is 13.5. The largest absolute Gasteiger partial charge is 0.310 e. The van der Waals surface area contributed by atoms with Crippen LogP contribution in [-0.4, -0.2) is 4.57 Å². The van der Waals surface area contributed by atoms with Gasteiger partial charge in [-0.25, -0.2) is 0 Å². The predicted octanol–water partition coefficient (Wildman–Crippen LogP) is 13.6. The maximum absolute atomic E-state index is 2.47. The van der Waals surface area contributed by atoms with E-state index in [1.165, 1.54) is 91.6 Å². The van der Waals surface area contributed by atoms with Crippen LogP contribution in [0.4, 0.5) is 0 Å². The van der Waals surface area contributed by atoms with Crippen LogP contribution in [0.25, 0.3) is 49.8 Å². The molecular weight excluding hydrogens is 667 g/mol. The van der Waals surface area contributed by atoms with Gasteiger partial charge < -0.3 is 4.57 Å². The van der Waals surface area contributed by atoms with Crippen molar-refractivity contribution in [3.63, 3.8) is 0 Å². The highest BCUT2D eigenvalue weighted by molar-refractivity contribution is 8.00. The van der Waals surface area contributed by atoms with Crippen molar-refractivity contribution in [2.24, 2.45) is 0 Å². The highest BCUT2D eigenvalue weighted by atomic mass is 32.2. The summed E-state index contributed by atoms with van der Waals surface area (Å²) in [6, 6.07) is 59.1. The molecule has 1 aromatic heterocycles. The standard InChI is InChI=1S/C49H33NS2/c1-3-15-32(16-4-1)33-29-30-40-46(31-33)51-44-27-11-8-22-38(44)49(40)39-23-9-12-28-45(39)52-48-36(21-13-24-41(48)49)35-20-14-26-43-47(35)37-19-7-10-25-42(37)50(43)34-17-5-2-6-18-34/h1,3-5,7-31H,2,6H2. The minimum Gasteiger partial charge on any atom is -0.310 e. The number of aromatic nitrogens is 1. The van der Waals surface area contributed by atoms with Crippen molar-refractivity contribution < 1.29 is 0 Å². The Labute approximate surface area is 312 Å². The zero-order chi connectivity index (χ0) is 34.2. The summed E-state index contributed by atoms with van der Waals surface area (Å²) in [6.07, 6.45) is 9.15. The van der Waals surface area contributed by atoms with E-state index in [2.05, 4.69) is 181 Å². The third kappa shape index (κ3) is 4.27. The number of allylic oxidation sites excluding steroid dienone is 4. The first-order valence-electron chi connectivity index (χ1n) is 18.1. The monoisotopic (exact) mass is 699 g/mol. The predicted molar refractivity (Wildman–Crippen MR) is 220 cm³/mol. The molecule has 0 amide bonds. The maximum Gasteiger partial charge on any atom is 0.0745 e. The molecule has 1 unspecified atom stereocenters. The van der Waals surface area contributed by atoms with Gasteiger partial charge in [-0.2, -0.15) is 0 Å². The van der Waals surface area contributed by atoms with Crippen molar-refractivity contribution in [3.8, 4) is 22.3 Å². The van der Waals surface area contributed by atoms with Crippen LogP contribution in [0, 0.1) is 0 Å². The highest BCUT2D eigenvalue weighted by Crippen LogP contribution is 2.63. The SMILES string of the molecule is C1=CC(n2c3ccccc3c3c(-c4cccc5c4Sc4ccccc4C54c5ccccc5Sc5cc(-c6ccccc6)ccc54)cccc32)=CCC1. The molecule has 0 saturated carbocycles. The fraction of sp³-hybridized carbons (Fsp3) is 0.0612. The molecule has 8 aromatic rings. The summed E-state index contributed by atoms with van der Waals surface area (Å²) in [5, 5.41) is 2.60. The van der Waals surface area contributed by atoms with Gasteiger partial charge in [-0.05, 0) is 93.8 Å². The number of rotatable bonds is 3. The highest BCUT2D eigenvalue weighted by Gasteiger charge is 2.49. The van der Waals surface area contributed by atoms with Gasteiger partial charge in [0.05, 0.1) is 16.4 Å². The Morgan fingerprint density at radius 3 is 1.98 bits per heavy atom. The van der Waals surface area contributed by atoms with E-state index in [0.717, 1.165) is 12.8 Å². The molecule has 0 bridgehead atoms.